The minimum absolute atomic E-state index is 0.150. The van der Waals surface area contributed by atoms with Crippen LogP contribution < -0.4 is 5.73 Å². The maximum atomic E-state index is 12.8. The molecule has 0 radical (unpaired) electrons. The summed E-state index contributed by atoms with van der Waals surface area (Å²) in [6.45, 7) is 21.4. The van der Waals surface area contributed by atoms with Gasteiger partial charge in [-0.2, -0.15) is 0 Å². The Balaban J connectivity index is 4.80. The van der Waals surface area contributed by atoms with Crippen LogP contribution in [-0.4, -0.2) is 77.5 Å². The first-order valence-corrected chi connectivity index (χ1v) is 14.2. The molecular formula is C29H57N3O6. The highest BCUT2D eigenvalue weighted by Gasteiger charge is 2.24. The Kier molecular flexibility index (Phi) is 15.9. The summed E-state index contributed by atoms with van der Waals surface area (Å²) in [7, 11) is 0. The Morgan fingerprint density at radius 3 is 1.34 bits per heavy atom. The van der Waals surface area contributed by atoms with Crippen molar-refractivity contribution in [2.75, 3.05) is 32.7 Å². The van der Waals surface area contributed by atoms with Gasteiger partial charge in [0, 0.05) is 26.2 Å². The summed E-state index contributed by atoms with van der Waals surface area (Å²) in [5, 5.41) is 0. The van der Waals surface area contributed by atoms with Crippen molar-refractivity contribution in [2.45, 2.75) is 131 Å². The summed E-state index contributed by atoms with van der Waals surface area (Å²) >= 11 is 0. The molecule has 0 saturated carbocycles. The Bertz CT molecular complexity index is 707. The molecule has 0 aliphatic carbocycles. The lowest BCUT2D eigenvalue weighted by molar-refractivity contribution is -0.159. The van der Waals surface area contributed by atoms with E-state index >= 15 is 0 Å². The van der Waals surface area contributed by atoms with Crippen molar-refractivity contribution in [3.8, 4) is 0 Å². The van der Waals surface area contributed by atoms with E-state index in [4.69, 9.17) is 19.9 Å². The number of carbonyl (C=O) groups excluding carboxylic acids is 3. The predicted molar refractivity (Wildman–Crippen MR) is 152 cm³/mol. The van der Waals surface area contributed by atoms with Gasteiger partial charge >= 0.3 is 18.2 Å². The molecule has 0 aliphatic rings. The van der Waals surface area contributed by atoms with E-state index in [1.807, 2.05) is 69.2 Å². The van der Waals surface area contributed by atoms with E-state index in [1.165, 1.54) is 0 Å². The van der Waals surface area contributed by atoms with Gasteiger partial charge in [-0.1, -0.05) is 19.8 Å². The van der Waals surface area contributed by atoms with Gasteiger partial charge in [0.25, 0.3) is 0 Å². The largest absolute Gasteiger partial charge is 0.460 e. The monoisotopic (exact) mass is 543 g/mol. The van der Waals surface area contributed by atoms with Crippen molar-refractivity contribution in [2.24, 2.45) is 11.7 Å². The van der Waals surface area contributed by atoms with Crippen LogP contribution >= 0.6 is 0 Å². The number of hydrogen-bond acceptors (Lipinski definition) is 7. The average molecular weight is 544 g/mol. The topological polar surface area (TPSA) is 111 Å². The van der Waals surface area contributed by atoms with Crippen molar-refractivity contribution < 1.29 is 28.6 Å². The fourth-order valence-electron chi connectivity index (χ4n) is 3.58. The maximum Gasteiger partial charge on any atom is 0.410 e. The fraction of sp³-hybridized carbons (Fsp3) is 0.897. The number of ether oxygens (including phenoxy) is 3. The summed E-state index contributed by atoms with van der Waals surface area (Å²) in [4.78, 5) is 41.0. The third kappa shape index (κ3) is 19.1. The Labute approximate surface area is 232 Å². The summed E-state index contributed by atoms with van der Waals surface area (Å²) in [5.41, 5.74) is 4.03. The average Bonchev–Trinajstić information content (AvgIpc) is 2.72. The Morgan fingerprint density at radius 1 is 0.605 bits per heavy atom. The molecule has 2 N–H and O–H groups in total. The Hall–Kier alpha value is -2.03. The number of carbonyl (C=O) groups is 3. The lowest BCUT2D eigenvalue weighted by atomic mass is 10.0. The van der Waals surface area contributed by atoms with Gasteiger partial charge < -0.3 is 29.7 Å². The van der Waals surface area contributed by atoms with E-state index in [1.54, 1.807) is 9.80 Å². The van der Waals surface area contributed by atoms with Crippen LogP contribution in [0.1, 0.15) is 114 Å². The highest BCUT2D eigenvalue weighted by atomic mass is 16.6. The Morgan fingerprint density at radius 2 is 0.974 bits per heavy atom. The van der Waals surface area contributed by atoms with Crippen LogP contribution in [0.25, 0.3) is 0 Å². The van der Waals surface area contributed by atoms with Gasteiger partial charge in [-0.3, -0.25) is 4.79 Å². The summed E-state index contributed by atoms with van der Waals surface area (Å²) in [6.07, 6.45) is 4.86. The van der Waals surface area contributed by atoms with Crippen molar-refractivity contribution >= 4 is 18.2 Å². The zero-order valence-electron chi connectivity index (χ0n) is 26.0. The minimum atomic E-state index is -0.575. The molecule has 0 aliphatic heterocycles. The number of nitrogens with two attached hydrogens (primary N) is 1. The molecule has 38 heavy (non-hydrogen) atoms. The molecule has 0 spiro atoms. The summed E-state index contributed by atoms with van der Waals surface area (Å²) in [6, 6.07) is 0. The normalized spacial score (nSPS) is 13.0. The van der Waals surface area contributed by atoms with Gasteiger partial charge in [-0.05, 0) is 101 Å². The molecule has 224 valence electrons. The first kappa shape index (κ1) is 36.0. The maximum absolute atomic E-state index is 12.8. The highest BCUT2D eigenvalue weighted by Crippen LogP contribution is 2.17. The smallest absolute Gasteiger partial charge is 0.410 e. The van der Waals surface area contributed by atoms with Gasteiger partial charge in [0.1, 0.15) is 16.8 Å². The number of rotatable bonds is 15. The molecule has 0 aromatic heterocycles. The van der Waals surface area contributed by atoms with E-state index in [0.717, 1.165) is 38.5 Å². The third-order valence-corrected chi connectivity index (χ3v) is 5.42. The SMILES string of the molecule is CC(CCCCCN(CCCCN(CCCN)C(=O)OC(C)(C)C)C(=O)OC(C)(C)C)C(=O)OC(C)(C)C. The molecule has 0 saturated heterocycles. The first-order valence-electron chi connectivity index (χ1n) is 14.2. The van der Waals surface area contributed by atoms with E-state index in [2.05, 4.69) is 0 Å². The molecule has 1 unspecified atom stereocenters. The molecule has 2 amide bonds. The molecule has 0 aromatic carbocycles. The van der Waals surface area contributed by atoms with Crippen LogP contribution in [0.15, 0.2) is 0 Å². The second-order valence-electron chi connectivity index (χ2n) is 13.1. The lowest BCUT2D eigenvalue weighted by Crippen LogP contribution is -2.40. The van der Waals surface area contributed by atoms with Crippen LogP contribution in [0.4, 0.5) is 9.59 Å². The van der Waals surface area contributed by atoms with Gasteiger partial charge in [0.15, 0.2) is 0 Å². The van der Waals surface area contributed by atoms with Crippen molar-refractivity contribution in [3.63, 3.8) is 0 Å². The van der Waals surface area contributed by atoms with Crippen LogP contribution in [0.5, 0.6) is 0 Å². The fourth-order valence-corrected chi connectivity index (χ4v) is 3.58. The molecule has 0 aromatic rings. The molecular weight excluding hydrogens is 486 g/mol. The number of amides is 2. The zero-order chi connectivity index (χ0) is 29.6. The number of unbranched alkanes of at least 4 members (excludes halogenated alkanes) is 3. The molecule has 1 atom stereocenters. The van der Waals surface area contributed by atoms with Gasteiger partial charge in [0.05, 0.1) is 5.92 Å². The minimum Gasteiger partial charge on any atom is -0.460 e. The number of esters is 1. The molecule has 0 rings (SSSR count). The van der Waals surface area contributed by atoms with E-state index in [0.29, 0.717) is 39.1 Å². The molecule has 0 fully saturated rings. The number of hydrogen-bond donors (Lipinski definition) is 1. The molecule has 9 nitrogen and oxygen atoms in total. The standard InChI is InChI=1S/C29H57N3O6/c1-23(24(33)36-27(2,3)4)17-12-11-13-19-31(25(34)37-28(5,6)7)20-14-15-21-32(22-16-18-30)26(35)38-29(8,9)10/h23H,11-22,30H2,1-10H3. The van der Waals surface area contributed by atoms with Crippen molar-refractivity contribution in [1.82, 2.24) is 9.80 Å². The highest BCUT2D eigenvalue weighted by molar-refractivity contribution is 5.72. The quantitative estimate of drug-likeness (QED) is 0.150. The second kappa shape index (κ2) is 16.8. The predicted octanol–water partition coefficient (Wildman–Crippen LogP) is 6.13. The van der Waals surface area contributed by atoms with Crippen molar-refractivity contribution in [1.29, 1.82) is 0 Å². The molecule has 0 heterocycles. The first-order chi connectivity index (χ1) is 17.3. The molecule has 0 bridgehead atoms. The lowest BCUT2D eigenvalue weighted by Gasteiger charge is -2.29. The van der Waals surface area contributed by atoms with Crippen LogP contribution in [-0.2, 0) is 19.0 Å². The van der Waals surface area contributed by atoms with Gasteiger partial charge in [0.2, 0.25) is 0 Å². The van der Waals surface area contributed by atoms with Crippen molar-refractivity contribution in [3.05, 3.63) is 0 Å². The zero-order valence-corrected chi connectivity index (χ0v) is 26.0. The van der Waals surface area contributed by atoms with Gasteiger partial charge in [-0.25, -0.2) is 9.59 Å². The number of nitrogens with zero attached hydrogens (tertiary/aromatic N) is 2. The van der Waals surface area contributed by atoms with E-state index in [9.17, 15) is 14.4 Å². The molecule has 9 heteroatoms. The van der Waals surface area contributed by atoms with E-state index < -0.39 is 16.8 Å². The van der Waals surface area contributed by atoms with Crippen LogP contribution in [0, 0.1) is 5.92 Å². The van der Waals surface area contributed by atoms with Gasteiger partial charge in [-0.15, -0.1) is 0 Å². The van der Waals surface area contributed by atoms with E-state index in [-0.39, 0.29) is 24.1 Å². The summed E-state index contributed by atoms with van der Waals surface area (Å²) < 4.78 is 16.6. The van der Waals surface area contributed by atoms with Crippen LogP contribution in [0.2, 0.25) is 0 Å². The van der Waals surface area contributed by atoms with Crippen LogP contribution in [0.3, 0.4) is 0 Å². The summed E-state index contributed by atoms with van der Waals surface area (Å²) in [5.74, 6) is -0.317. The third-order valence-electron chi connectivity index (χ3n) is 5.42. The second-order valence-corrected chi connectivity index (χ2v) is 13.1.